The van der Waals surface area contributed by atoms with Crippen LogP contribution in [0.2, 0.25) is 0 Å². The highest BCUT2D eigenvalue weighted by molar-refractivity contribution is 7.10. The number of hydrogen-bond donors (Lipinski definition) is 1. The van der Waals surface area contributed by atoms with Crippen LogP contribution in [-0.4, -0.2) is 43.7 Å². The molecule has 0 fully saturated rings. The van der Waals surface area contributed by atoms with Gasteiger partial charge in [-0.3, -0.25) is 4.79 Å². The van der Waals surface area contributed by atoms with E-state index in [1.165, 1.54) is 30.5 Å². The molecule has 2 aromatic rings. The molecule has 1 aromatic carbocycles. The van der Waals surface area contributed by atoms with Crippen molar-refractivity contribution >= 4 is 17.2 Å². The second-order valence-corrected chi connectivity index (χ2v) is 5.80. The summed E-state index contributed by atoms with van der Waals surface area (Å²) in [5.74, 6) is 0.901. The molecule has 1 N–H and O–H groups in total. The monoisotopic (exact) mass is 321 g/mol. The lowest BCUT2D eigenvalue weighted by molar-refractivity contribution is 0.0685. The topological polar surface area (TPSA) is 59.0 Å². The molecule has 0 aliphatic rings. The molecule has 1 aromatic heterocycles. The van der Waals surface area contributed by atoms with E-state index in [9.17, 15) is 9.90 Å². The van der Waals surface area contributed by atoms with Gasteiger partial charge in [-0.1, -0.05) is 6.07 Å². The van der Waals surface area contributed by atoms with Crippen molar-refractivity contribution in [3.8, 4) is 11.5 Å². The first-order valence-electron chi connectivity index (χ1n) is 6.75. The smallest absolute Gasteiger partial charge is 0.253 e. The molecule has 0 spiro atoms. The number of carbonyl (C=O) groups is 1. The van der Waals surface area contributed by atoms with Crippen molar-refractivity contribution in [3.05, 3.63) is 46.2 Å². The first-order chi connectivity index (χ1) is 10.5. The number of aliphatic hydroxyl groups is 1. The predicted molar refractivity (Wildman–Crippen MR) is 85.8 cm³/mol. The van der Waals surface area contributed by atoms with Gasteiger partial charge in [-0.2, -0.15) is 0 Å². The van der Waals surface area contributed by atoms with Crippen molar-refractivity contribution in [2.24, 2.45) is 0 Å². The number of methoxy groups -OCH3 is 2. The minimum absolute atomic E-state index is 0.201. The van der Waals surface area contributed by atoms with Crippen molar-refractivity contribution in [2.45, 2.75) is 6.10 Å². The Morgan fingerprint density at radius 2 is 1.91 bits per heavy atom. The quantitative estimate of drug-likeness (QED) is 0.888. The molecule has 1 atom stereocenters. The molecule has 0 aliphatic carbocycles. The molecule has 0 bridgehead atoms. The number of hydrogen-bond acceptors (Lipinski definition) is 5. The van der Waals surface area contributed by atoms with Gasteiger partial charge in [0.1, 0.15) is 17.6 Å². The van der Waals surface area contributed by atoms with E-state index in [4.69, 9.17) is 9.47 Å². The zero-order valence-electron chi connectivity index (χ0n) is 12.8. The third-order valence-corrected chi connectivity index (χ3v) is 4.24. The second kappa shape index (κ2) is 7.29. The summed E-state index contributed by atoms with van der Waals surface area (Å²) in [6.07, 6.45) is -0.693. The molecule has 1 unspecified atom stereocenters. The standard InChI is InChI=1S/C16H19NO4S/c1-17(10-14(18)15-5-4-6-22-15)16(19)11-7-12(20-2)9-13(8-11)21-3/h4-9,14,18H,10H2,1-3H3. The molecule has 0 aliphatic heterocycles. The zero-order valence-corrected chi connectivity index (χ0v) is 13.6. The van der Waals surface area contributed by atoms with Gasteiger partial charge in [-0.15, -0.1) is 11.3 Å². The van der Waals surface area contributed by atoms with E-state index in [2.05, 4.69) is 0 Å². The normalized spacial score (nSPS) is 11.8. The highest BCUT2D eigenvalue weighted by atomic mass is 32.1. The van der Waals surface area contributed by atoms with Crippen LogP contribution in [-0.2, 0) is 0 Å². The van der Waals surface area contributed by atoms with Gasteiger partial charge in [0.05, 0.1) is 20.8 Å². The molecule has 118 valence electrons. The number of aliphatic hydroxyl groups excluding tert-OH is 1. The molecule has 0 saturated carbocycles. The summed E-state index contributed by atoms with van der Waals surface area (Å²) in [7, 11) is 4.73. The number of thiophene rings is 1. The first kappa shape index (κ1) is 16.3. The third kappa shape index (κ3) is 3.78. The Balaban J connectivity index is 2.13. The minimum atomic E-state index is -0.693. The molecule has 22 heavy (non-hydrogen) atoms. The number of nitrogens with zero attached hydrogens (tertiary/aromatic N) is 1. The lowest BCUT2D eigenvalue weighted by Crippen LogP contribution is -2.30. The zero-order chi connectivity index (χ0) is 16.1. The fourth-order valence-electron chi connectivity index (χ4n) is 2.06. The molecule has 5 nitrogen and oxygen atoms in total. The van der Waals surface area contributed by atoms with E-state index in [1.54, 1.807) is 25.2 Å². The van der Waals surface area contributed by atoms with Crippen LogP contribution in [0.25, 0.3) is 0 Å². The van der Waals surface area contributed by atoms with Gasteiger partial charge in [0.2, 0.25) is 0 Å². The largest absolute Gasteiger partial charge is 0.497 e. The number of amides is 1. The summed E-state index contributed by atoms with van der Waals surface area (Å²) >= 11 is 1.46. The summed E-state index contributed by atoms with van der Waals surface area (Å²) in [4.78, 5) is 14.8. The summed E-state index contributed by atoms with van der Waals surface area (Å²) in [5.41, 5.74) is 0.456. The highest BCUT2D eigenvalue weighted by Crippen LogP contribution is 2.24. The molecular formula is C16H19NO4S. The molecule has 0 saturated heterocycles. The molecule has 1 amide bonds. The molecule has 2 rings (SSSR count). The summed E-state index contributed by atoms with van der Waals surface area (Å²) in [6, 6.07) is 8.73. The Kier molecular flexibility index (Phi) is 5.41. The molecule has 6 heteroatoms. The first-order valence-corrected chi connectivity index (χ1v) is 7.63. The maximum Gasteiger partial charge on any atom is 0.253 e. The van der Waals surface area contributed by atoms with Gasteiger partial charge in [0.15, 0.2) is 0 Å². The van der Waals surface area contributed by atoms with E-state index in [0.29, 0.717) is 17.1 Å². The molecular weight excluding hydrogens is 302 g/mol. The number of likely N-dealkylation sites (N-methyl/N-ethyl adjacent to an activating group) is 1. The Morgan fingerprint density at radius 3 is 2.41 bits per heavy atom. The van der Waals surface area contributed by atoms with E-state index in [1.807, 2.05) is 17.5 Å². The Morgan fingerprint density at radius 1 is 1.27 bits per heavy atom. The number of benzene rings is 1. The molecule has 1 heterocycles. The summed E-state index contributed by atoms with van der Waals surface area (Å²) in [6.45, 7) is 0.221. The average Bonchev–Trinajstić information content (AvgIpc) is 3.07. The maximum absolute atomic E-state index is 12.5. The lowest BCUT2D eigenvalue weighted by Gasteiger charge is -2.21. The number of rotatable bonds is 6. The van der Waals surface area contributed by atoms with Crippen LogP contribution < -0.4 is 9.47 Å². The van der Waals surface area contributed by atoms with Gasteiger partial charge >= 0.3 is 0 Å². The van der Waals surface area contributed by atoms with Crippen molar-refractivity contribution in [3.63, 3.8) is 0 Å². The Bertz CT molecular complexity index is 605. The van der Waals surface area contributed by atoms with Crippen LogP contribution in [0, 0.1) is 0 Å². The van der Waals surface area contributed by atoms with Crippen molar-refractivity contribution in [1.29, 1.82) is 0 Å². The summed E-state index contributed by atoms with van der Waals surface area (Å²) in [5, 5.41) is 12.0. The van der Waals surface area contributed by atoms with Gasteiger partial charge < -0.3 is 19.5 Å². The van der Waals surface area contributed by atoms with Gasteiger partial charge in [0.25, 0.3) is 5.91 Å². The van der Waals surface area contributed by atoms with Crippen LogP contribution in [0.3, 0.4) is 0 Å². The van der Waals surface area contributed by atoms with E-state index in [-0.39, 0.29) is 12.5 Å². The second-order valence-electron chi connectivity index (χ2n) is 4.82. The Labute approximate surface area is 133 Å². The average molecular weight is 321 g/mol. The van der Waals surface area contributed by atoms with Crippen LogP contribution >= 0.6 is 11.3 Å². The van der Waals surface area contributed by atoms with Gasteiger partial charge in [0, 0.05) is 23.6 Å². The number of ether oxygens (including phenoxy) is 2. The SMILES string of the molecule is COc1cc(OC)cc(C(=O)N(C)CC(O)c2cccs2)c1. The predicted octanol–water partition coefficient (Wildman–Crippen LogP) is 2.57. The fraction of sp³-hybridized carbons (Fsp3) is 0.312. The van der Waals surface area contributed by atoms with Crippen LogP contribution in [0.1, 0.15) is 21.3 Å². The van der Waals surface area contributed by atoms with Crippen molar-refractivity contribution in [1.82, 2.24) is 4.90 Å². The molecule has 0 radical (unpaired) electrons. The van der Waals surface area contributed by atoms with Crippen LogP contribution in [0.4, 0.5) is 0 Å². The van der Waals surface area contributed by atoms with Gasteiger partial charge in [-0.25, -0.2) is 0 Å². The van der Waals surface area contributed by atoms with E-state index in [0.717, 1.165) is 4.88 Å². The van der Waals surface area contributed by atoms with Gasteiger partial charge in [-0.05, 0) is 23.6 Å². The van der Waals surface area contributed by atoms with Crippen LogP contribution in [0.15, 0.2) is 35.7 Å². The van der Waals surface area contributed by atoms with E-state index >= 15 is 0 Å². The maximum atomic E-state index is 12.5. The fourth-order valence-corrected chi connectivity index (χ4v) is 2.77. The minimum Gasteiger partial charge on any atom is -0.497 e. The third-order valence-electron chi connectivity index (χ3n) is 3.26. The lowest BCUT2D eigenvalue weighted by atomic mass is 10.1. The summed E-state index contributed by atoms with van der Waals surface area (Å²) < 4.78 is 10.3. The van der Waals surface area contributed by atoms with Crippen molar-refractivity contribution in [2.75, 3.05) is 27.8 Å². The van der Waals surface area contributed by atoms with Crippen molar-refractivity contribution < 1.29 is 19.4 Å². The highest BCUT2D eigenvalue weighted by Gasteiger charge is 2.18. The van der Waals surface area contributed by atoms with Crippen LogP contribution in [0.5, 0.6) is 11.5 Å². The van der Waals surface area contributed by atoms with E-state index < -0.39 is 6.10 Å². The number of carbonyl (C=O) groups excluding carboxylic acids is 1. The Hall–Kier alpha value is -2.05.